The fourth-order valence-electron chi connectivity index (χ4n) is 3.25. The van der Waals surface area contributed by atoms with Gasteiger partial charge in [-0.2, -0.15) is 0 Å². The van der Waals surface area contributed by atoms with E-state index in [2.05, 4.69) is 11.8 Å². The van der Waals surface area contributed by atoms with Crippen molar-refractivity contribution in [2.75, 3.05) is 31.9 Å². The molecule has 1 fully saturated rings. The second kappa shape index (κ2) is 5.48. The molecule has 5 nitrogen and oxygen atoms in total. The van der Waals surface area contributed by atoms with Gasteiger partial charge in [-0.3, -0.25) is 14.5 Å². The normalized spacial score (nSPS) is 20.1. The van der Waals surface area contributed by atoms with Crippen molar-refractivity contribution in [1.82, 2.24) is 9.80 Å². The average molecular weight is 287 g/mol. The van der Waals surface area contributed by atoms with Gasteiger partial charge in [-0.15, -0.1) is 0 Å². The van der Waals surface area contributed by atoms with Crippen LogP contribution in [0.5, 0.6) is 0 Å². The first-order chi connectivity index (χ1) is 10.1. The van der Waals surface area contributed by atoms with Crippen LogP contribution >= 0.6 is 0 Å². The lowest BCUT2D eigenvalue weighted by Crippen LogP contribution is -2.37. The number of benzene rings is 1. The monoisotopic (exact) mass is 287 g/mol. The molecule has 2 heterocycles. The number of carbonyl (C=O) groups excluding carboxylic acids is 2. The second-order valence-electron chi connectivity index (χ2n) is 6.14. The van der Waals surface area contributed by atoms with Gasteiger partial charge in [0.15, 0.2) is 0 Å². The minimum atomic E-state index is -0.212. The Morgan fingerprint density at radius 3 is 2.48 bits per heavy atom. The van der Waals surface area contributed by atoms with E-state index in [0.29, 0.717) is 23.4 Å². The highest BCUT2D eigenvalue weighted by Crippen LogP contribution is 2.25. The summed E-state index contributed by atoms with van der Waals surface area (Å²) in [4.78, 5) is 28.5. The molecule has 0 bridgehead atoms. The summed E-state index contributed by atoms with van der Waals surface area (Å²) in [5.74, 6) is -0.124. The fraction of sp³-hybridized carbons (Fsp3) is 0.500. The lowest BCUT2D eigenvalue weighted by Gasteiger charge is -2.23. The SMILES string of the molecule is CC(CN1CCCC1)CN1C(=O)c2ccc(N)cc2C1=O. The van der Waals surface area contributed by atoms with Crippen LogP contribution in [-0.2, 0) is 0 Å². The number of carbonyl (C=O) groups is 2. The Bertz CT molecular complexity index is 579. The third-order valence-electron chi connectivity index (χ3n) is 4.26. The molecular weight excluding hydrogens is 266 g/mol. The van der Waals surface area contributed by atoms with Crippen LogP contribution in [0.2, 0.25) is 0 Å². The van der Waals surface area contributed by atoms with Crippen molar-refractivity contribution in [3.8, 4) is 0 Å². The maximum atomic E-state index is 12.4. The molecule has 1 aromatic rings. The molecule has 0 radical (unpaired) electrons. The lowest BCUT2D eigenvalue weighted by atomic mass is 10.1. The van der Waals surface area contributed by atoms with Gasteiger partial charge in [-0.25, -0.2) is 0 Å². The number of fused-ring (bicyclic) bond motifs is 1. The minimum Gasteiger partial charge on any atom is -0.399 e. The predicted octanol–water partition coefficient (Wildman–Crippen LogP) is 1.60. The van der Waals surface area contributed by atoms with Gasteiger partial charge in [-0.05, 0) is 50.0 Å². The van der Waals surface area contributed by atoms with E-state index in [0.717, 1.165) is 19.6 Å². The van der Waals surface area contributed by atoms with E-state index in [4.69, 9.17) is 5.73 Å². The van der Waals surface area contributed by atoms with Crippen LogP contribution in [0.25, 0.3) is 0 Å². The number of rotatable bonds is 4. The van der Waals surface area contributed by atoms with E-state index in [-0.39, 0.29) is 17.7 Å². The number of nitrogen functional groups attached to an aromatic ring is 1. The Hall–Kier alpha value is -1.88. The van der Waals surface area contributed by atoms with E-state index < -0.39 is 0 Å². The van der Waals surface area contributed by atoms with Crippen molar-refractivity contribution < 1.29 is 9.59 Å². The Kier molecular flexibility index (Phi) is 3.68. The number of nitrogens with two attached hydrogens (primary N) is 1. The van der Waals surface area contributed by atoms with Crippen molar-refractivity contribution in [2.45, 2.75) is 19.8 Å². The Morgan fingerprint density at radius 2 is 1.76 bits per heavy atom. The van der Waals surface area contributed by atoms with Crippen LogP contribution in [0, 0.1) is 5.92 Å². The van der Waals surface area contributed by atoms with Crippen LogP contribution in [-0.4, -0.2) is 47.8 Å². The molecule has 112 valence electrons. The highest BCUT2D eigenvalue weighted by atomic mass is 16.2. The van der Waals surface area contributed by atoms with Crippen LogP contribution < -0.4 is 5.73 Å². The van der Waals surface area contributed by atoms with Gasteiger partial charge >= 0.3 is 0 Å². The molecule has 5 heteroatoms. The third kappa shape index (κ3) is 2.65. The summed E-state index contributed by atoms with van der Waals surface area (Å²) in [7, 11) is 0. The lowest BCUT2D eigenvalue weighted by molar-refractivity contribution is 0.0623. The number of imide groups is 1. The van der Waals surface area contributed by atoms with Crippen molar-refractivity contribution in [3.05, 3.63) is 29.3 Å². The minimum absolute atomic E-state index is 0.191. The molecular formula is C16H21N3O2. The molecule has 0 spiro atoms. The highest BCUT2D eigenvalue weighted by Gasteiger charge is 2.36. The molecule has 1 unspecified atom stereocenters. The molecule has 2 aliphatic rings. The summed E-state index contributed by atoms with van der Waals surface area (Å²) in [5, 5.41) is 0. The molecule has 21 heavy (non-hydrogen) atoms. The number of amides is 2. The zero-order valence-electron chi connectivity index (χ0n) is 12.3. The molecule has 1 aromatic carbocycles. The first-order valence-corrected chi connectivity index (χ1v) is 7.54. The maximum Gasteiger partial charge on any atom is 0.261 e. The van der Waals surface area contributed by atoms with Gasteiger partial charge in [0, 0.05) is 18.8 Å². The van der Waals surface area contributed by atoms with Crippen LogP contribution in [0.15, 0.2) is 18.2 Å². The molecule has 0 saturated carbocycles. The van der Waals surface area contributed by atoms with Gasteiger partial charge in [0.1, 0.15) is 0 Å². The zero-order chi connectivity index (χ0) is 15.0. The number of hydrogen-bond donors (Lipinski definition) is 1. The molecule has 2 aliphatic heterocycles. The highest BCUT2D eigenvalue weighted by molar-refractivity contribution is 6.21. The van der Waals surface area contributed by atoms with Crippen molar-refractivity contribution in [2.24, 2.45) is 5.92 Å². The van der Waals surface area contributed by atoms with Gasteiger partial charge in [-0.1, -0.05) is 6.92 Å². The Labute approximate surface area is 124 Å². The van der Waals surface area contributed by atoms with E-state index in [9.17, 15) is 9.59 Å². The number of likely N-dealkylation sites (tertiary alicyclic amines) is 1. The van der Waals surface area contributed by atoms with E-state index in [1.54, 1.807) is 18.2 Å². The molecule has 3 rings (SSSR count). The van der Waals surface area contributed by atoms with Crippen molar-refractivity contribution in [3.63, 3.8) is 0 Å². The van der Waals surface area contributed by atoms with Crippen molar-refractivity contribution in [1.29, 1.82) is 0 Å². The molecule has 0 aliphatic carbocycles. The third-order valence-corrected chi connectivity index (χ3v) is 4.26. The zero-order valence-corrected chi connectivity index (χ0v) is 12.3. The average Bonchev–Trinajstić information content (AvgIpc) is 3.02. The number of nitrogens with zero attached hydrogens (tertiary/aromatic N) is 2. The van der Waals surface area contributed by atoms with Crippen molar-refractivity contribution >= 4 is 17.5 Å². The predicted molar refractivity (Wildman–Crippen MR) is 81.1 cm³/mol. The summed E-state index contributed by atoms with van der Waals surface area (Å²) in [6.45, 7) is 5.76. The van der Waals surface area contributed by atoms with Crippen LogP contribution in [0.1, 0.15) is 40.5 Å². The first kappa shape index (κ1) is 14.1. The summed E-state index contributed by atoms with van der Waals surface area (Å²) in [5.41, 5.74) is 7.13. The summed E-state index contributed by atoms with van der Waals surface area (Å²) < 4.78 is 0. The molecule has 0 aromatic heterocycles. The van der Waals surface area contributed by atoms with Crippen LogP contribution in [0.4, 0.5) is 5.69 Å². The number of hydrogen-bond acceptors (Lipinski definition) is 4. The van der Waals surface area contributed by atoms with E-state index in [1.165, 1.54) is 17.7 Å². The topological polar surface area (TPSA) is 66.6 Å². The van der Waals surface area contributed by atoms with E-state index >= 15 is 0 Å². The summed E-state index contributed by atoms with van der Waals surface area (Å²) in [6, 6.07) is 4.91. The molecule has 1 saturated heterocycles. The molecule has 2 N–H and O–H groups in total. The molecule has 2 amide bonds. The Morgan fingerprint density at radius 1 is 1.10 bits per heavy atom. The first-order valence-electron chi connectivity index (χ1n) is 7.54. The second-order valence-corrected chi connectivity index (χ2v) is 6.14. The largest absolute Gasteiger partial charge is 0.399 e. The molecule has 1 atom stereocenters. The quantitative estimate of drug-likeness (QED) is 0.674. The van der Waals surface area contributed by atoms with Gasteiger partial charge in [0.05, 0.1) is 11.1 Å². The van der Waals surface area contributed by atoms with Gasteiger partial charge in [0.2, 0.25) is 0 Å². The summed E-state index contributed by atoms with van der Waals surface area (Å²) in [6.07, 6.45) is 2.50. The van der Waals surface area contributed by atoms with Gasteiger partial charge in [0.25, 0.3) is 11.8 Å². The standard InChI is InChI=1S/C16H21N3O2/c1-11(9-18-6-2-3-7-18)10-19-15(20)13-5-4-12(17)8-14(13)16(19)21/h4-5,8,11H,2-3,6-7,9-10,17H2,1H3. The summed E-state index contributed by atoms with van der Waals surface area (Å²) >= 11 is 0. The van der Waals surface area contributed by atoms with E-state index in [1.807, 2.05) is 0 Å². The van der Waals surface area contributed by atoms with Crippen LogP contribution in [0.3, 0.4) is 0 Å². The maximum absolute atomic E-state index is 12.4. The smallest absolute Gasteiger partial charge is 0.261 e. The number of anilines is 1. The van der Waals surface area contributed by atoms with Gasteiger partial charge < -0.3 is 10.6 Å². The fourth-order valence-corrected chi connectivity index (χ4v) is 3.25. The Balaban J connectivity index is 1.69.